The van der Waals surface area contributed by atoms with Gasteiger partial charge in [-0.2, -0.15) is 0 Å². The number of likely N-dealkylation sites (N-methyl/N-ethyl adjacent to an activating group) is 1. The monoisotopic (exact) mass is 224 g/mol. The van der Waals surface area contributed by atoms with Crippen molar-refractivity contribution in [3.8, 4) is 5.75 Å². The Hall–Kier alpha value is -1.10. The van der Waals surface area contributed by atoms with E-state index < -0.39 is 0 Å². The Morgan fingerprint density at radius 3 is 2.25 bits per heavy atom. The first-order valence-electron chi connectivity index (χ1n) is 5.27. The van der Waals surface area contributed by atoms with Crippen LogP contribution in [0.15, 0.2) is 24.3 Å². The predicted molar refractivity (Wildman–Crippen MR) is 64.5 cm³/mol. The zero-order valence-corrected chi connectivity index (χ0v) is 10.1. The molecular formula is C12H20N2O2. The molecule has 0 radical (unpaired) electrons. The van der Waals surface area contributed by atoms with Gasteiger partial charge in [0.1, 0.15) is 5.75 Å². The molecule has 1 rings (SSSR count). The highest BCUT2D eigenvalue weighted by Gasteiger charge is 2.21. The molecule has 1 aromatic rings. The Labute approximate surface area is 96.6 Å². The summed E-state index contributed by atoms with van der Waals surface area (Å²) in [5.74, 6) is 0.818. The van der Waals surface area contributed by atoms with Gasteiger partial charge in [-0.1, -0.05) is 12.1 Å². The summed E-state index contributed by atoms with van der Waals surface area (Å²) in [4.78, 5) is 2.00. The second kappa shape index (κ2) is 5.84. The molecular weight excluding hydrogens is 204 g/mol. The Kier molecular flexibility index (Phi) is 4.73. The smallest absolute Gasteiger partial charge is 0.118 e. The van der Waals surface area contributed by atoms with Crippen molar-refractivity contribution in [2.45, 2.75) is 12.1 Å². The number of hydrogen-bond acceptors (Lipinski definition) is 4. The van der Waals surface area contributed by atoms with Gasteiger partial charge in [-0.15, -0.1) is 0 Å². The van der Waals surface area contributed by atoms with Crippen LogP contribution in [0, 0.1) is 0 Å². The summed E-state index contributed by atoms with van der Waals surface area (Å²) in [7, 11) is 5.53. The Balaban J connectivity index is 2.92. The highest BCUT2D eigenvalue weighted by Crippen LogP contribution is 2.23. The van der Waals surface area contributed by atoms with Crippen LogP contribution in [0.1, 0.15) is 11.6 Å². The average Bonchev–Trinajstić information content (AvgIpc) is 2.29. The molecule has 0 saturated carbocycles. The van der Waals surface area contributed by atoms with E-state index in [0.29, 0.717) is 0 Å². The number of methoxy groups -OCH3 is 1. The summed E-state index contributed by atoms with van der Waals surface area (Å²) >= 11 is 0. The second-order valence-corrected chi connectivity index (χ2v) is 4.03. The number of hydrogen-bond donors (Lipinski definition) is 2. The molecule has 0 bridgehead atoms. The zero-order valence-electron chi connectivity index (χ0n) is 10.1. The van der Waals surface area contributed by atoms with Crippen LogP contribution in [-0.4, -0.2) is 43.9 Å². The lowest BCUT2D eigenvalue weighted by Crippen LogP contribution is -2.39. The summed E-state index contributed by atoms with van der Waals surface area (Å²) in [6.45, 7) is -0.0329. The van der Waals surface area contributed by atoms with Gasteiger partial charge in [-0.05, 0) is 31.8 Å². The van der Waals surface area contributed by atoms with Crippen molar-refractivity contribution in [3.05, 3.63) is 29.8 Å². The summed E-state index contributed by atoms with van der Waals surface area (Å²) in [6, 6.07) is 7.46. The van der Waals surface area contributed by atoms with Gasteiger partial charge in [-0.25, -0.2) is 0 Å². The Morgan fingerprint density at radius 1 is 1.31 bits per heavy atom. The lowest BCUT2D eigenvalue weighted by Gasteiger charge is -2.29. The standard InChI is InChI=1S/C12H20N2O2/c1-14(2)12(11(13)8-15)9-4-6-10(16-3)7-5-9/h4-7,11-12,15H,8,13H2,1-3H3. The number of benzene rings is 1. The third kappa shape index (κ3) is 2.95. The van der Waals surface area contributed by atoms with Gasteiger partial charge in [0, 0.05) is 6.04 Å². The van der Waals surface area contributed by atoms with Crippen molar-refractivity contribution in [1.29, 1.82) is 0 Å². The van der Waals surface area contributed by atoms with E-state index in [-0.39, 0.29) is 18.7 Å². The molecule has 4 heteroatoms. The lowest BCUT2D eigenvalue weighted by atomic mass is 9.99. The maximum absolute atomic E-state index is 9.14. The summed E-state index contributed by atoms with van der Waals surface area (Å²) in [5, 5.41) is 9.14. The van der Waals surface area contributed by atoms with Crippen LogP contribution < -0.4 is 10.5 Å². The molecule has 0 aliphatic rings. The minimum absolute atomic E-state index is 0.0101. The average molecular weight is 224 g/mol. The summed E-state index contributed by atoms with van der Waals surface area (Å²) in [6.07, 6.45) is 0. The fraction of sp³-hybridized carbons (Fsp3) is 0.500. The molecule has 4 nitrogen and oxygen atoms in total. The third-order valence-electron chi connectivity index (χ3n) is 2.63. The van der Waals surface area contributed by atoms with Crippen molar-refractivity contribution in [2.75, 3.05) is 27.8 Å². The van der Waals surface area contributed by atoms with Gasteiger partial charge in [0.25, 0.3) is 0 Å². The van der Waals surface area contributed by atoms with Crippen molar-refractivity contribution in [1.82, 2.24) is 4.90 Å². The van der Waals surface area contributed by atoms with Gasteiger partial charge in [-0.3, -0.25) is 0 Å². The molecule has 0 aliphatic heterocycles. The molecule has 0 saturated heterocycles. The van der Waals surface area contributed by atoms with E-state index >= 15 is 0 Å². The van der Waals surface area contributed by atoms with Crippen molar-refractivity contribution in [3.63, 3.8) is 0 Å². The molecule has 2 atom stereocenters. The quantitative estimate of drug-likeness (QED) is 0.769. The first-order valence-corrected chi connectivity index (χ1v) is 5.27. The van der Waals surface area contributed by atoms with Crippen LogP contribution >= 0.6 is 0 Å². The van der Waals surface area contributed by atoms with E-state index in [2.05, 4.69) is 0 Å². The number of aliphatic hydroxyl groups is 1. The predicted octanol–water partition coefficient (Wildman–Crippen LogP) is 0.617. The van der Waals surface area contributed by atoms with Gasteiger partial charge in [0.05, 0.1) is 19.8 Å². The molecule has 2 unspecified atom stereocenters. The van der Waals surface area contributed by atoms with E-state index in [1.165, 1.54) is 0 Å². The van der Waals surface area contributed by atoms with E-state index in [1.807, 2.05) is 43.3 Å². The van der Waals surface area contributed by atoms with E-state index in [4.69, 9.17) is 15.6 Å². The molecule has 90 valence electrons. The van der Waals surface area contributed by atoms with Crippen LogP contribution in [0.3, 0.4) is 0 Å². The van der Waals surface area contributed by atoms with Gasteiger partial charge in [0.15, 0.2) is 0 Å². The van der Waals surface area contributed by atoms with Crippen LogP contribution in [0.4, 0.5) is 0 Å². The number of nitrogens with two attached hydrogens (primary N) is 1. The van der Waals surface area contributed by atoms with Crippen LogP contribution in [0.5, 0.6) is 5.75 Å². The molecule has 0 aromatic heterocycles. The third-order valence-corrected chi connectivity index (χ3v) is 2.63. The van der Waals surface area contributed by atoms with Gasteiger partial charge in [0.2, 0.25) is 0 Å². The second-order valence-electron chi connectivity index (χ2n) is 4.03. The minimum atomic E-state index is -0.289. The topological polar surface area (TPSA) is 58.7 Å². The van der Waals surface area contributed by atoms with Crippen molar-refractivity contribution in [2.24, 2.45) is 5.73 Å². The maximum Gasteiger partial charge on any atom is 0.118 e. The SMILES string of the molecule is COc1ccc(C(C(N)CO)N(C)C)cc1. The first-order chi connectivity index (χ1) is 7.60. The number of rotatable bonds is 5. The van der Waals surface area contributed by atoms with Gasteiger partial charge < -0.3 is 20.5 Å². The highest BCUT2D eigenvalue weighted by atomic mass is 16.5. The Bertz CT molecular complexity index is 311. The number of aliphatic hydroxyl groups excluding tert-OH is 1. The molecule has 16 heavy (non-hydrogen) atoms. The zero-order chi connectivity index (χ0) is 12.1. The molecule has 0 heterocycles. The van der Waals surface area contributed by atoms with E-state index in [0.717, 1.165) is 11.3 Å². The Morgan fingerprint density at radius 2 is 1.88 bits per heavy atom. The maximum atomic E-state index is 9.14. The molecule has 1 aromatic carbocycles. The lowest BCUT2D eigenvalue weighted by molar-refractivity contribution is 0.181. The van der Waals surface area contributed by atoms with Crippen molar-refractivity contribution < 1.29 is 9.84 Å². The van der Waals surface area contributed by atoms with Crippen LogP contribution in [0.2, 0.25) is 0 Å². The van der Waals surface area contributed by atoms with Gasteiger partial charge >= 0.3 is 0 Å². The van der Waals surface area contributed by atoms with E-state index in [9.17, 15) is 0 Å². The molecule has 3 N–H and O–H groups in total. The number of ether oxygens (including phenoxy) is 1. The number of nitrogens with zero attached hydrogens (tertiary/aromatic N) is 1. The van der Waals surface area contributed by atoms with Crippen molar-refractivity contribution >= 4 is 0 Å². The molecule has 0 amide bonds. The van der Waals surface area contributed by atoms with E-state index in [1.54, 1.807) is 7.11 Å². The van der Waals surface area contributed by atoms with Crippen LogP contribution in [0.25, 0.3) is 0 Å². The molecule has 0 fully saturated rings. The molecule has 0 spiro atoms. The van der Waals surface area contributed by atoms with Crippen LogP contribution in [-0.2, 0) is 0 Å². The molecule has 0 aliphatic carbocycles. The highest BCUT2D eigenvalue weighted by molar-refractivity contribution is 5.29. The largest absolute Gasteiger partial charge is 0.497 e. The fourth-order valence-corrected chi connectivity index (χ4v) is 1.83. The normalized spacial score (nSPS) is 14.9. The summed E-state index contributed by atoms with van der Waals surface area (Å²) in [5.41, 5.74) is 6.97. The fourth-order valence-electron chi connectivity index (χ4n) is 1.83. The summed E-state index contributed by atoms with van der Waals surface area (Å²) < 4.78 is 5.10. The first kappa shape index (κ1) is 13.0. The minimum Gasteiger partial charge on any atom is -0.497 e.